The van der Waals surface area contributed by atoms with E-state index in [4.69, 9.17) is 0 Å². The normalized spacial score (nSPS) is 14.7. The highest BCUT2D eigenvalue weighted by molar-refractivity contribution is 8.14. The van der Waals surface area contributed by atoms with Crippen molar-refractivity contribution in [2.24, 2.45) is 0 Å². The van der Waals surface area contributed by atoms with Gasteiger partial charge in [0.25, 0.3) is 10.7 Å². The van der Waals surface area contributed by atoms with E-state index in [2.05, 4.69) is 9.98 Å². The van der Waals surface area contributed by atoms with E-state index in [1.807, 2.05) is 19.2 Å². The Labute approximate surface area is 63.4 Å². The van der Waals surface area contributed by atoms with E-state index in [1.165, 1.54) is 4.90 Å². The Balaban J connectivity index is 2.54. The van der Waals surface area contributed by atoms with Crippen LogP contribution in [0.25, 0.3) is 0 Å². The number of rotatable bonds is 0. The Morgan fingerprint density at radius 2 is 2.50 bits per heavy atom. The van der Waals surface area contributed by atoms with Crippen molar-refractivity contribution in [1.29, 1.82) is 0 Å². The average Bonchev–Trinajstić information content (AvgIpc) is 2.27. The Morgan fingerprint density at radius 3 is 3.30 bits per heavy atom. The van der Waals surface area contributed by atoms with Crippen molar-refractivity contribution < 1.29 is 0 Å². The summed E-state index contributed by atoms with van der Waals surface area (Å²) in [6, 6.07) is 1.93. The van der Waals surface area contributed by atoms with Gasteiger partial charge in [-0.2, -0.15) is 0 Å². The molecule has 0 amide bonds. The maximum atomic E-state index is 4.29. The van der Waals surface area contributed by atoms with Crippen molar-refractivity contribution >= 4 is 22.5 Å². The first-order valence-electron chi connectivity index (χ1n) is 3.03. The summed E-state index contributed by atoms with van der Waals surface area (Å²) in [4.78, 5) is 9.45. The van der Waals surface area contributed by atoms with Gasteiger partial charge in [0.1, 0.15) is 4.90 Å². The van der Waals surface area contributed by atoms with E-state index in [-0.39, 0.29) is 0 Å². The molecule has 0 saturated carbocycles. The van der Waals surface area contributed by atoms with Crippen LogP contribution in [-0.4, -0.2) is 10.0 Å². The van der Waals surface area contributed by atoms with Crippen LogP contribution in [0.1, 0.15) is 6.92 Å². The summed E-state index contributed by atoms with van der Waals surface area (Å²) in [5.74, 6) is 0. The molecular formula is C7H6N2S+. The van der Waals surface area contributed by atoms with Gasteiger partial charge in [-0.15, -0.1) is 0 Å². The molecule has 1 aromatic rings. The van der Waals surface area contributed by atoms with Gasteiger partial charge in [0.15, 0.2) is 0 Å². The van der Waals surface area contributed by atoms with Crippen LogP contribution in [-0.2, 0) is 0 Å². The number of hydrogen-bond donors (Lipinski definition) is 0. The van der Waals surface area contributed by atoms with Crippen LogP contribution in [0.15, 0.2) is 23.4 Å². The maximum Gasteiger partial charge on any atom is 0.295 e. The molecule has 0 N–H and O–H groups in total. The van der Waals surface area contributed by atoms with Gasteiger partial charge >= 0.3 is 0 Å². The summed E-state index contributed by atoms with van der Waals surface area (Å²) >= 11 is 1.68. The number of hydrogen-bond acceptors (Lipinski definition) is 3. The second-order valence-corrected chi connectivity index (χ2v) is 3.31. The molecule has 0 unspecified atom stereocenters. The smallest absolute Gasteiger partial charge is 0.263 e. The molecule has 0 bridgehead atoms. The van der Waals surface area contributed by atoms with E-state index >= 15 is 0 Å². The third kappa shape index (κ3) is 0.827. The predicted octanol–water partition coefficient (Wildman–Crippen LogP) is 1.57. The minimum absolute atomic E-state index is 1.05. The Kier molecular flexibility index (Phi) is 1.24. The lowest BCUT2D eigenvalue weighted by atomic mass is 10.4. The van der Waals surface area contributed by atoms with Crippen molar-refractivity contribution in [1.82, 2.24) is 9.98 Å². The van der Waals surface area contributed by atoms with Crippen LogP contribution >= 0.6 is 11.8 Å². The molecule has 0 fully saturated rings. The zero-order chi connectivity index (χ0) is 6.97. The lowest BCUT2D eigenvalue weighted by Crippen LogP contribution is -1.82. The molecule has 3 heteroatoms. The second kappa shape index (κ2) is 2.09. The molecule has 2 heterocycles. The van der Waals surface area contributed by atoms with E-state index in [9.17, 15) is 0 Å². The molecule has 1 aliphatic heterocycles. The Morgan fingerprint density at radius 1 is 1.60 bits per heavy atom. The summed E-state index contributed by atoms with van der Waals surface area (Å²) in [7, 11) is 0. The fraction of sp³-hybridized carbons (Fsp3) is 0.143. The van der Waals surface area contributed by atoms with Crippen LogP contribution in [0.3, 0.4) is 0 Å². The van der Waals surface area contributed by atoms with E-state index < -0.39 is 0 Å². The van der Waals surface area contributed by atoms with Gasteiger partial charge in [-0.3, -0.25) is 4.98 Å². The highest BCUT2D eigenvalue weighted by Gasteiger charge is 2.24. The topological polar surface area (TPSA) is 27.0 Å². The molecule has 2 rings (SSSR count). The predicted molar refractivity (Wildman–Crippen MR) is 42.6 cm³/mol. The monoisotopic (exact) mass is 150 g/mol. The Hall–Kier alpha value is -0.830. The number of nitrogens with zero attached hydrogens (tertiary/aromatic N) is 2. The summed E-state index contributed by atoms with van der Waals surface area (Å²) < 4.78 is 0. The van der Waals surface area contributed by atoms with Crippen LogP contribution in [0, 0.1) is 0 Å². The Bertz CT molecular complexity index is 293. The van der Waals surface area contributed by atoms with Crippen LogP contribution < -0.4 is 4.99 Å². The maximum absolute atomic E-state index is 4.29. The van der Waals surface area contributed by atoms with Crippen LogP contribution in [0.2, 0.25) is 0 Å². The first-order valence-corrected chi connectivity index (χ1v) is 3.85. The second-order valence-electron chi connectivity index (χ2n) is 2.08. The number of aromatic nitrogens is 1. The van der Waals surface area contributed by atoms with Gasteiger partial charge < -0.3 is 0 Å². The molecule has 1 radical (unpaired) electrons. The third-order valence-electron chi connectivity index (χ3n) is 1.30. The number of fused-ring (bicyclic) bond motifs is 1. The van der Waals surface area contributed by atoms with Gasteiger partial charge in [-0.1, -0.05) is 0 Å². The fourth-order valence-electron chi connectivity index (χ4n) is 0.895. The molecule has 10 heavy (non-hydrogen) atoms. The zero-order valence-corrected chi connectivity index (χ0v) is 6.35. The van der Waals surface area contributed by atoms with E-state index in [1.54, 1.807) is 18.0 Å². The summed E-state index contributed by atoms with van der Waals surface area (Å²) in [6.45, 7) is 2.00. The van der Waals surface area contributed by atoms with Gasteiger partial charge in [0.05, 0.1) is 4.99 Å². The van der Waals surface area contributed by atoms with Crippen molar-refractivity contribution in [2.45, 2.75) is 11.8 Å². The SMILES string of the molecule is CC1=[N+]c2ccncc2S1. The van der Waals surface area contributed by atoms with Gasteiger partial charge in [-0.05, 0) is 11.8 Å². The molecule has 0 aliphatic carbocycles. The number of aliphatic imine (C=N–C) groups is 1. The van der Waals surface area contributed by atoms with E-state index in [0.29, 0.717) is 0 Å². The molecule has 1 aromatic heterocycles. The van der Waals surface area contributed by atoms with Gasteiger partial charge in [0.2, 0.25) is 0 Å². The van der Waals surface area contributed by atoms with Crippen LogP contribution in [0.4, 0.5) is 5.69 Å². The molecule has 1 aliphatic rings. The van der Waals surface area contributed by atoms with Crippen LogP contribution in [0.5, 0.6) is 0 Å². The molecule has 0 aromatic carbocycles. The average molecular weight is 150 g/mol. The quantitative estimate of drug-likeness (QED) is 0.561. The zero-order valence-electron chi connectivity index (χ0n) is 5.53. The summed E-state index contributed by atoms with van der Waals surface area (Å²) in [5, 5.41) is 1.10. The highest BCUT2D eigenvalue weighted by Crippen LogP contribution is 2.30. The minimum Gasteiger partial charge on any atom is -0.263 e. The molecule has 0 atom stereocenters. The van der Waals surface area contributed by atoms with Crippen molar-refractivity contribution in [3.05, 3.63) is 18.5 Å². The third-order valence-corrected chi connectivity index (χ3v) is 2.22. The van der Waals surface area contributed by atoms with Crippen molar-refractivity contribution in [3.8, 4) is 0 Å². The van der Waals surface area contributed by atoms with Crippen molar-refractivity contribution in [2.75, 3.05) is 0 Å². The fourth-order valence-corrected chi connectivity index (χ4v) is 1.69. The molecular weight excluding hydrogens is 144 g/mol. The number of thioether (sulfide) groups is 1. The minimum atomic E-state index is 1.05. The summed E-state index contributed by atoms with van der Waals surface area (Å²) in [6.07, 6.45) is 3.61. The molecule has 0 spiro atoms. The lowest BCUT2D eigenvalue weighted by Gasteiger charge is -1.82. The number of pyridine rings is 1. The van der Waals surface area contributed by atoms with Crippen molar-refractivity contribution in [3.63, 3.8) is 0 Å². The highest BCUT2D eigenvalue weighted by atomic mass is 32.2. The first-order chi connectivity index (χ1) is 4.86. The lowest BCUT2D eigenvalue weighted by molar-refractivity contribution is 1.20. The largest absolute Gasteiger partial charge is 0.295 e. The van der Waals surface area contributed by atoms with Gasteiger partial charge in [0, 0.05) is 25.4 Å². The molecule has 0 saturated heterocycles. The molecule has 2 nitrogen and oxygen atoms in total. The van der Waals surface area contributed by atoms with E-state index in [0.717, 1.165) is 10.7 Å². The first kappa shape index (κ1) is 5.92. The standard InChI is InChI=1S/C7H6N2S/c1-5-9-6-2-3-8-4-7(6)10-5/h2-4H,1H3/q+1. The molecule has 49 valence electrons. The van der Waals surface area contributed by atoms with Gasteiger partial charge in [-0.25, -0.2) is 0 Å². The summed E-state index contributed by atoms with van der Waals surface area (Å²) in [5.41, 5.74) is 1.05.